The maximum atomic E-state index is 12.9. The number of para-hydroxylation sites is 1. The standard InChI is InChI=1S/C21H15Cl2N3O/c22-16-11-10-14(12-17(16)23)25-26-21(27)20-19(13-6-2-1-3-7-13)15-8-4-5-9-18(15)24-20/h1-12,24-25H,(H,26,27). The van der Waals surface area contributed by atoms with Gasteiger partial charge in [-0.05, 0) is 29.8 Å². The summed E-state index contributed by atoms with van der Waals surface area (Å²) in [7, 11) is 0. The Morgan fingerprint density at radius 3 is 2.37 bits per heavy atom. The highest BCUT2D eigenvalue weighted by molar-refractivity contribution is 6.42. The van der Waals surface area contributed by atoms with Crippen molar-refractivity contribution in [3.63, 3.8) is 0 Å². The average molecular weight is 396 g/mol. The van der Waals surface area contributed by atoms with Gasteiger partial charge in [0, 0.05) is 16.5 Å². The van der Waals surface area contributed by atoms with Gasteiger partial charge in [0.2, 0.25) is 0 Å². The van der Waals surface area contributed by atoms with Crippen molar-refractivity contribution in [3.8, 4) is 11.1 Å². The number of carbonyl (C=O) groups is 1. The van der Waals surface area contributed by atoms with E-state index in [-0.39, 0.29) is 5.91 Å². The monoisotopic (exact) mass is 395 g/mol. The molecule has 1 amide bonds. The van der Waals surface area contributed by atoms with Crippen molar-refractivity contribution in [2.75, 3.05) is 5.43 Å². The van der Waals surface area contributed by atoms with E-state index >= 15 is 0 Å². The van der Waals surface area contributed by atoms with Crippen LogP contribution in [0.2, 0.25) is 10.0 Å². The van der Waals surface area contributed by atoms with E-state index in [0.717, 1.165) is 22.0 Å². The van der Waals surface area contributed by atoms with Gasteiger partial charge >= 0.3 is 0 Å². The molecule has 0 saturated heterocycles. The zero-order chi connectivity index (χ0) is 18.8. The van der Waals surface area contributed by atoms with Crippen LogP contribution in [0, 0.1) is 0 Å². The number of hydrazine groups is 1. The molecular formula is C21H15Cl2N3O. The summed E-state index contributed by atoms with van der Waals surface area (Å²) in [5.74, 6) is -0.281. The molecule has 4 aromatic rings. The number of carbonyl (C=O) groups excluding carboxylic acids is 1. The lowest BCUT2D eigenvalue weighted by molar-refractivity contribution is 0.0959. The average Bonchev–Trinajstić information content (AvgIpc) is 3.09. The number of aromatic nitrogens is 1. The fourth-order valence-corrected chi connectivity index (χ4v) is 3.28. The number of anilines is 1. The van der Waals surface area contributed by atoms with Crippen molar-refractivity contribution >= 4 is 45.7 Å². The second-order valence-electron chi connectivity index (χ2n) is 5.99. The number of H-pyrrole nitrogens is 1. The Bertz CT molecular complexity index is 1120. The fourth-order valence-electron chi connectivity index (χ4n) is 2.98. The van der Waals surface area contributed by atoms with Gasteiger partial charge in [-0.15, -0.1) is 0 Å². The molecule has 1 heterocycles. The maximum Gasteiger partial charge on any atom is 0.286 e. The summed E-state index contributed by atoms with van der Waals surface area (Å²) in [5, 5.41) is 1.85. The van der Waals surface area contributed by atoms with Crippen LogP contribution in [0.4, 0.5) is 5.69 Å². The molecule has 3 N–H and O–H groups in total. The van der Waals surface area contributed by atoms with E-state index in [9.17, 15) is 4.79 Å². The van der Waals surface area contributed by atoms with Crippen molar-refractivity contribution in [1.29, 1.82) is 0 Å². The van der Waals surface area contributed by atoms with Crippen LogP contribution in [0.15, 0.2) is 72.8 Å². The molecule has 0 fully saturated rings. The molecule has 0 saturated carbocycles. The number of hydrogen-bond donors (Lipinski definition) is 3. The van der Waals surface area contributed by atoms with E-state index in [1.165, 1.54) is 0 Å². The largest absolute Gasteiger partial charge is 0.350 e. The van der Waals surface area contributed by atoms with Crippen LogP contribution >= 0.6 is 23.2 Å². The highest BCUT2D eigenvalue weighted by Crippen LogP contribution is 2.32. The number of hydrogen-bond acceptors (Lipinski definition) is 2. The molecule has 0 spiro atoms. The molecule has 0 aliphatic heterocycles. The van der Waals surface area contributed by atoms with Crippen LogP contribution in [0.3, 0.4) is 0 Å². The second kappa shape index (κ2) is 7.35. The molecule has 6 heteroatoms. The van der Waals surface area contributed by atoms with Gasteiger partial charge in [0.25, 0.3) is 5.91 Å². The Kier molecular flexibility index (Phi) is 4.75. The van der Waals surface area contributed by atoms with Gasteiger partial charge in [0.05, 0.1) is 15.7 Å². The zero-order valence-electron chi connectivity index (χ0n) is 14.1. The molecule has 0 aliphatic carbocycles. The molecule has 134 valence electrons. The van der Waals surface area contributed by atoms with Gasteiger partial charge in [-0.3, -0.25) is 15.6 Å². The Labute approximate surface area is 166 Å². The third kappa shape index (κ3) is 3.50. The second-order valence-corrected chi connectivity index (χ2v) is 6.81. The molecule has 0 radical (unpaired) electrons. The summed E-state index contributed by atoms with van der Waals surface area (Å²) in [6, 6.07) is 22.7. The van der Waals surface area contributed by atoms with Gasteiger partial charge in [-0.1, -0.05) is 71.7 Å². The Balaban J connectivity index is 1.68. The smallest absolute Gasteiger partial charge is 0.286 e. The minimum Gasteiger partial charge on any atom is -0.350 e. The van der Waals surface area contributed by atoms with Crippen molar-refractivity contribution < 1.29 is 4.79 Å². The predicted octanol–water partition coefficient (Wildman–Crippen LogP) is 5.90. The van der Waals surface area contributed by atoms with Crippen LogP contribution in [0.5, 0.6) is 0 Å². The van der Waals surface area contributed by atoms with Crippen molar-refractivity contribution in [2.24, 2.45) is 0 Å². The lowest BCUT2D eigenvalue weighted by Crippen LogP contribution is -2.30. The summed E-state index contributed by atoms with van der Waals surface area (Å²) in [6.07, 6.45) is 0. The predicted molar refractivity (Wildman–Crippen MR) is 111 cm³/mol. The van der Waals surface area contributed by atoms with Gasteiger partial charge in [0.15, 0.2) is 0 Å². The summed E-state index contributed by atoms with van der Waals surface area (Å²) in [4.78, 5) is 16.1. The first-order valence-corrected chi connectivity index (χ1v) is 9.06. The molecule has 1 aromatic heterocycles. The summed E-state index contributed by atoms with van der Waals surface area (Å²) in [6.45, 7) is 0. The number of aromatic amines is 1. The normalized spacial score (nSPS) is 10.7. The molecule has 4 rings (SSSR count). The number of fused-ring (bicyclic) bond motifs is 1. The van der Waals surface area contributed by atoms with E-state index in [2.05, 4.69) is 15.8 Å². The molecule has 3 aromatic carbocycles. The van der Waals surface area contributed by atoms with Crippen molar-refractivity contribution in [2.45, 2.75) is 0 Å². The van der Waals surface area contributed by atoms with Crippen LogP contribution < -0.4 is 10.9 Å². The number of rotatable bonds is 4. The Morgan fingerprint density at radius 1 is 0.852 bits per heavy atom. The van der Waals surface area contributed by atoms with Crippen molar-refractivity contribution in [1.82, 2.24) is 10.4 Å². The molecule has 0 aliphatic rings. The summed E-state index contributed by atoms with van der Waals surface area (Å²) >= 11 is 11.9. The Hall–Kier alpha value is -2.95. The third-order valence-electron chi connectivity index (χ3n) is 4.24. The number of halogens is 2. The van der Waals surface area contributed by atoms with Gasteiger partial charge < -0.3 is 4.98 Å². The number of benzene rings is 3. The maximum absolute atomic E-state index is 12.9. The first kappa shape index (κ1) is 17.5. The van der Waals surface area contributed by atoms with E-state index in [1.807, 2.05) is 54.6 Å². The van der Waals surface area contributed by atoms with Crippen LogP contribution in [0.25, 0.3) is 22.0 Å². The third-order valence-corrected chi connectivity index (χ3v) is 4.97. The molecule has 0 unspecified atom stereocenters. The SMILES string of the molecule is O=C(NNc1ccc(Cl)c(Cl)c1)c1[nH]c2ccccc2c1-c1ccccc1. The molecule has 4 nitrogen and oxygen atoms in total. The fraction of sp³-hybridized carbons (Fsp3) is 0. The van der Waals surface area contributed by atoms with E-state index in [1.54, 1.807) is 18.2 Å². The van der Waals surface area contributed by atoms with Gasteiger partial charge in [-0.2, -0.15) is 0 Å². The number of nitrogens with one attached hydrogen (secondary N) is 3. The summed E-state index contributed by atoms with van der Waals surface area (Å²) < 4.78 is 0. The minimum absolute atomic E-state index is 0.281. The summed E-state index contributed by atoms with van der Waals surface area (Å²) in [5.41, 5.74) is 9.43. The highest BCUT2D eigenvalue weighted by atomic mass is 35.5. The molecule has 0 bridgehead atoms. The van der Waals surface area contributed by atoms with Gasteiger partial charge in [0.1, 0.15) is 5.69 Å². The molecule has 27 heavy (non-hydrogen) atoms. The number of amides is 1. The molecular weight excluding hydrogens is 381 g/mol. The van der Waals surface area contributed by atoms with Crippen LogP contribution in [-0.2, 0) is 0 Å². The lowest BCUT2D eigenvalue weighted by Gasteiger charge is -2.10. The van der Waals surface area contributed by atoms with E-state index in [4.69, 9.17) is 23.2 Å². The first-order chi connectivity index (χ1) is 13.1. The van der Waals surface area contributed by atoms with Crippen molar-refractivity contribution in [3.05, 3.63) is 88.5 Å². The van der Waals surface area contributed by atoms with Gasteiger partial charge in [-0.25, -0.2) is 0 Å². The quantitative estimate of drug-likeness (QED) is 0.376. The minimum atomic E-state index is -0.281. The van der Waals surface area contributed by atoms with Crippen LogP contribution in [0.1, 0.15) is 10.5 Å². The first-order valence-electron chi connectivity index (χ1n) is 8.31. The lowest BCUT2D eigenvalue weighted by atomic mass is 10.0. The highest BCUT2D eigenvalue weighted by Gasteiger charge is 2.18. The topological polar surface area (TPSA) is 56.9 Å². The van der Waals surface area contributed by atoms with E-state index < -0.39 is 0 Å². The van der Waals surface area contributed by atoms with E-state index in [0.29, 0.717) is 21.4 Å². The Morgan fingerprint density at radius 2 is 1.59 bits per heavy atom. The van der Waals surface area contributed by atoms with Crippen LogP contribution in [-0.4, -0.2) is 10.9 Å². The molecule has 0 atom stereocenters. The zero-order valence-corrected chi connectivity index (χ0v) is 15.6.